The van der Waals surface area contributed by atoms with Gasteiger partial charge in [0.25, 0.3) is 5.91 Å². The lowest BCUT2D eigenvalue weighted by atomic mass is 10.1. The summed E-state index contributed by atoms with van der Waals surface area (Å²) in [5.41, 5.74) is 2.52. The summed E-state index contributed by atoms with van der Waals surface area (Å²) in [6.07, 6.45) is 1.47. The standard InChI is InChI=1S/C30H20Cl4N2O3/c31-23-7-5-20(27(33)14-23)17-38-26-11-9-25(10-12-26)36-30(37)22(16-35)13-19-3-1-2-4-29(19)39-18-21-6-8-24(32)15-28(21)34/h1-15H,17-18H2,(H,36,37)/b22-13+. The van der Waals surface area contributed by atoms with E-state index < -0.39 is 5.91 Å². The van der Waals surface area contributed by atoms with Gasteiger partial charge in [0.2, 0.25) is 0 Å². The van der Waals surface area contributed by atoms with E-state index in [-0.39, 0.29) is 18.8 Å². The molecule has 0 radical (unpaired) electrons. The van der Waals surface area contributed by atoms with Crippen LogP contribution in [0.4, 0.5) is 5.69 Å². The number of halogens is 4. The maximum Gasteiger partial charge on any atom is 0.266 e. The summed E-state index contributed by atoms with van der Waals surface area (Å²) in [5, 5.41) is 14.5. The number of nitrogens with zero attached hydrogens (tertiary/aromatic N) is 1. The second-order valence-corrected chi connectivity index (χ2v) is 9.92. The monoisotopic (exact) mass is 596 g/mol. The number of para-hydroxylation sites is 1. The van der Waals surface area contributed by atoms with Crippen LogP contribution in [0.2, 0.25) is 20.1 Å². The van der Waals surface area contributed by atoms with Crippen LogP contribution in [0.1, 0.15) is 16.7 Å². The SMILES string of the molecule is N#C/C(=C\c1ccccc1OCc1ccc(Cl)cc1Cl)C(=O)Nc1ccc(OCc2ccc(Cl)cc2Cl)cc1. The zero-order chi connectivity index (χ0) is 27.8. The molecule has 196 valence electrons. The van der Waals surface area contributed by atoms with Crippen molar-refractivity contribution in [3.63, 3.8) is 0 Å². The van der Waals surface area contributed by atoms with Crippen LogP contribution in [0.15, 0.2) is 90.5 Å². The molecular formula is C30H20Cl4N2O3. The van der Waals surface area contributed by atoms with Crippen LogP contribution < -0.4 is 14.8 Å². The Labute approximate surface area is 246 Å². The van der Waals surface area contributed by atoms with Gasteiger partial charge < -0.3 is 14.8 Å². The van der Waals surface area contributed by atoms with Crippen LogP contribution in [0.5, 0.6) is 11.5 Å². The third kappa shape index (κ3) is 7.92. The van der Waals surface area contributed by atoms with Gasteiger partial charge in [-0.2, -0.15) is 5.26 Å². The Balaban J connectivity index is 1.40. The molecule has 4 aromatic rings. The van der Waals surface area contributed by atoms with E-state index in [1.54, 1.807) is 84.9 Å². The molecule has 0 saturated carbocycles. The first-order valence-corrected chi connectivity index (χ1v) is 13.1. The molecule has 0 unspecified atom stereocenters. The van der Waals surface area contributed by atoms with Crippen molar-refractivity contribution in [3.05, 3.63) is 127 Å². The van der Waals surface area contributed by atoms with Gasteiger partial charge in [0, 0.05) is 42.5 Å². The molecule has 0 aliphatic rings. The van der Waals surface area contributed by atoms with E-state index in [1.807, 2.05) is 6.07 Å². The fraction of sp³-hybridized carbons (Fsp3) is 0.0667. The lowest BCUT2D eigenvalue weighted by Gasteiger charge is -2.11. The summed E-state index contributed by atoms with van der Waals surface area (Å²) < 4.78 is 11.7. The third-order valence-corrected chi connectivity index (χ3v) is 6.68. The maximum absolute atomic E-state index is 12.8. The molecule has 0 heterocycles. The van der Waals surface area contributed by atoms with E-state index in [1.165, 1.54) is 6.08 Å². The Kier molecular flexibility index (Phi) is 9.75. The van der Waals surface area contributed by atoms with Crippen LogP contribution in [0, 0.1) is 11.3 Å². The van der Waals surface area contributed by atoms with Gasteiger partial charge in [-0.1, -0.05) is 76.7 Å². The number of carbonyl (C=O) groups is 1. The molecule has 0 spiro atoms. The average molecular weight is 598 g/mol. The largest absolute Gasteiger partial charge is 0.489 e. The smallest absolute Gasteiger partial charge is 0.266 e. The Hall–Kier alpha value is -3.66. The van der Waals surface area contributed by atoms with E-state index in [4.69, 9.17) is 55.9 Å². The molecule has 0 fully saturated rings. The van der Waals surface area contributed by atoms with Gasteiger partial charge >= 0.3 is 0 Å². The molecule has 4 rings (SSSR count). The zero-order valence-corrected chi connectivity index (χ0v) is 23.3. The molecule has 0 atom stereocenters. The first-order chi connectivity index (χ1) is 18.8. The summed E-state index contributed by atoms with van der Waals surface area (Å²) in [7, 11) is 0. The van der Waals surface area contributed by atoms with E-state index in [9.17, 15) is 10.1 Å². The molecule has 39 heavy (non-hydrogen) atoms. The highest BCUT2D eigenvalue weighted by Gasteiger charge is 2.12. The highest BCUT2D eigenvalue weighted by Crippen LogP contribution is 2.27. The number of nitrogens with one attached hydrogen (secondary N) is 1. The number of anilines is 1. The van der Waals surface area contributed by atoms with Crippen molar-refractivity contribution in [2.75, 3.05) is 5.32 Å². The van der Waals surface area contributed by atoms with E-state index >= 15 is 0 Å². The van der Waals surface area contributed by atoms with Gasteiger partial charge in [0.1, 0.15) is 36.4 Å². The van der Waals surface area contributed by atoms with Crippen molar-refractivity contribution in [3.8, 4) is 17.6 Å². The predicted molar refractivity (Wildman–Crippen MR) is 157 cm³/mol. The third-order valence-electron chi connectivity index (χ3n) is 5.50. The second-order valence-electron chi connectivity index (χ2n) is 8.23. The van der Waals surface area contributed by atoms with Gasteiger partial charge in [-0.05, 0) is 60.7 Å². The van der Waals surface area contributed by atoms with Crippen molar-refractivity contribution in [1.29, 1.82) is 5.26 Å². The molecule has 0 saturated heterocycles. The van der Waals surface area contributed by atoms with Gasteiger partial charge in [-0.15, -0.1) is 0 Å². The Morgan fingerprint density at radius 3 is 1.97 bits per heavy atom. The van der Waals surface area contributed by atoms with Crippen LogP contribution in [0.3, 0.4) is 0 Å². The molecule has 0 aromatic heterocycles. The van der Waals surface area contributed by atoms with Crippen molar-refractivity contribution >= 4 is 64.1 Å². The number of hydrogen-bond donors (Lipinski definition) is 1. The maximum atomic E-state index is 12.8. The lowest BCUT2D eigenvalue weighted by molar-refractivity contribution is -0.112. The van der Waals surface area contributed by atoms with Crippen LogP contribution in [-0.2, 0) is 18.0 Å². The summed E-state index contributed by atoms with van der Waals surface area (Å²) >= 11 is 24.3. The molecule has 0 aliphatic heterocycles. The van der Waals surface area contributed by atoms with Crippen LogP contribution in [-0.4, -0.2) is 5.91 Å². The normalized spacial score (nSPS) is 11.0. The number of hydrogen-bond acceptors (Lipinski definition) is 4. The fourth-order valence-electron chi connectivity index (χ4n) is 3.46. The highest BCUT2D eigenvalue weighted by atomic mass is 35.5. The zero-order valence-electron chi connectivity index (χ0n) is 20.3. The molecule has 1 N–H and O–H groups in total. The quantitative estimate of drug-likeness (QED) is 0.154. The predicted octanol–water partition coefficient (Wildman–Crippen LogP) is 9.00. The minimum Gasteiger partial charge on any atom is -0.489 e. The molecule has 9 heteroatoms. The highest BCUT2D eigenvalue weighted by molar-refractivity contribution is 6.35. The van der Waals surface area contributed by atoms with Gasteiger partial charge in [-0.25, -0.2) is 0 Å². The van der Waals surface area contributed by atoms with Crippen molar-refractivity contribution < 1.29 is 14.3 Å². The van der Waals surface area contributed by atoms with Gasteiger partial charge in [-0.3, -0.25) is 4.79 Å². The topological polar surface area (TPSA) is 71.3 Å². The summed E-state index contributed by atoms with van der Waals surface area (Å²) in [4.78, 5) is 12.8. The molecule has 0 aliphatic carbocycles. The molecule has 5 nitrogen and oxygen atoms in total. The fourth-order valence-corrected chi connectivity index (χ4v) is 4.39. The lowest BCUT2D eigenvalue weighted by Crippen LogP contribution is -2.13. The molecule has 4 aromatic carbocycles. The number of nitriles is 1. The van der Waals surface area contributed by atoms with Gasteiger partial charge in [0.15, 0.2) is 0 Å². The number of benzene rings is 4. The van der Waals surface area contributed by atoms with E-state index in [0.29, 0.717) is 42.8 Å². The Bertz CT molecular complexity index is 1560. The van der Waals surface area contributed by atoms with Crippen molar-refractivity contribution in [2.24, 2.45) is 0 Å². The molecule has 1 amide bonds. The average Bonchev–Trinajstić information content (AvgIpc) is 2.92. The van der Waals surface area contributed by atoms with E-state index in [2.05, 4.69) is 5.32 Å². The minimum atomic E-state index is -0.560. The summed E-state index contributed by atoms with van der Waals surface area (Å²) in [5.74, 6) is 0.517. The molecular weight excluding hydrogens is 578 g/mol. The number of amides is 1. The number of ether oxygens (including phenoxy) is 2. The second kappa shape index (κ2) is 13.4. The Morgan fingerprint density at radius 1 is 0.795 bits per heavy atom. The van der Waals surface area contributed by atoms with E-state index in [0.717, 1.165) is 11.1 Å². The van der Waals surface area contributed by atoms with Crippen LogP contribution >= 0.6 is 46.4 Å². The van der Waals surface area contributed by atoms with Crippen molar-refractivity contribution in [2.45, 2.75) is 13.2 Å². The molecule has 0 bridgehead atoms. The van der Waals surface area contributed by atoms with Gasteiger partial charge in [0.05, 0.1) is 0 Å². The number of carbonyl (C=O) groups excluding carboxylic acids is 1. The minimum absolute atomic E-state index is 0.0896. The Morgan fingerprint density at radius 2 is 1.38 bits per heavy atom. The number of rotatable bonds is 9. The van der Waals surface area contributed by atoms with Crippen molar-refractivity contribution in [1.82, 2.24) is 0 Å². The summed E-state index contributed by atoms with van der Waals surface area (Å²) in [6.45, 7) is 0.447. The first-order valence-electron chi connectivity index (χ1n) is 11.6. The van der Waals surface area contributed by atoms with Crippen LogP contribution in [0.25, 0.3) is 6.08 Å². The summed E-state index contributed by atoms with van der Waals surface area (Å²) in [6, 6.07) is 26.2. The first kappa shape index (κ1) is 28.4.